The number of aromatic nitrogens is 1. The van der Waals surface area contributed by atoms with Crippen LogP contribution in [0.1, 0.15) is 19.0 Å². The van der Waals surface area contributed by atoms with E-state index in [1.165, 1.54) is 5.39 Å². The van der Waals surface area contributed by atoms with Gasteiger partial charge in [-0.1, -0.05) is 18.2 Å². The Morgan fingerprint density at radius 2 is 2.12 bits per heavy atom. The molecule has 1 unspecified atom stereocenters. The minimum atomic E-state index is 0.373. The number of para-hydroxylation sites is 1. The largest absolute Gasteiger partial charge is 0.382 e. The highest BCUT2D eigenvalue weighted by atomic mass is 35.5. The number of pyridine rings is 1. The zero-order valence-electron chi connectivity index (χ0n) is 10.2. The van der Waals surface area contributed by atoms with Crippen LogP contribution in [0.3, 0.4) is 0 Å². The van der Waals surface area contributed by atoms with Crippen molar-refractivity contribution < 1.29 is 0 Å². The molecule has 0 radical (unpaired) electrons. The number of aryl methyl sites for hydroxylation is 1. The second kappa shape index (κ2) is 5.37. The second-order valence-electron chi connectivity index (χ2n) is 4.35. The first-order valence-electron chi connectivity index (χ1n) is 5.89. The lowest BCUT2D eigenvalue weighted by atomic mass is 10.1. The van der Waals surface area contributed by atoms with Gasteiger partial charge in [0, 0.05) is 28.7 Å². The van der Waals surface area contributed by atoms with E-state index in [4.69, 9.17) is 11.6 Å². The van der Waals surface area contributed by atoms with Crippen molar-refractivity contribution in [3.63, 3.8) is 0 Å². The molecule has 0 fully saturated rings. The van der Waals surface area contributed by atoms with Gasteiger partial charge in [-0.15, -0.1) is 11.6 Å². The average Bonchev–Trinajstić information content (AvgIpc) is 2.29. The van der Waals surface area contributed by atoms with E-state index in [2.05, 4.69) is 29.4 Å². The molecular weight excluding hydrogens is 232 g/mol. The lowest BCUT2D eigenvalue weighted by molar-refractivity contribution is 0.769. The van der Waals surface area contributed by atoms with Crippen molar-refractivity contribution in [1.82, 2.24) is 4.98 Å². The van der Waals surface area contributed by atoms with Crippen LogP contribution in [0.4, 0.5) is 5.69 Å². The molecule has 1 aromatic heterocycles. The minimum absolute atomic E-state index is 0.373. The summed E-state index contributed by atoms with van der Waals surface area (Å²) in [4.78, 5) is 4.52. The highest BCUT2D eigenvalue weighted by Gasteiger charge is 2.06. The minimum Gasteiger partial charge on any atom is -0.382 e. The van der Waals surface area contributed by atoms with Gasteiger partial charge in [0.1, 0.15) is 0 Å². The first kappa shape index (κ1) is 12.2. The molecule has 90 valence electrons. The van der Waals surface area contributed by atoms with Gasteiger partial charge in [0.2, 0.25) is 0 Å². The van der Waals surface area contributed by atoms with Crippen LogP contribution in [-0.2, 0) is 0 Å². The third-order valence-electron chi connectivity index (χ3n) is 2.79. The van der Waals surface area contributed by atoms with Gasteiger partial charge < -0.3 is 5.32 Å². The van der Waals surface area contributed by atoms with Crippen LogP contribution < -0.4 is 5.32 Å². The maximum absolute atomic E-state index is 5.76. The Labute approximate surface area is 107 Å². The van der Waals surface area contributed by atoms with E-state index >= 15 is 0 Å². The van der Waals surface area contributed by atoms with Crippen LogP contribution in [0, 0.1) is 6.92 Å². The van der Waals surface area contributed by atoms with E-state index in [9.17, 15) is 0 Å². The normalized spacial score (nSPS) is 12.6. The smallest absolute Gasteiger partial charge is 0.0725 e. The van der Waals surface area contributed by atoms with Crippen LogP contribution in [-0.4, -0.2) is 16.9 Å². The van der Waals surface area contributed by atoms with Gasteiger partial charge in [-0.05, 0) is 32.4 Å². The predicted molar refractivity (Wildman–Crippen MR) is 74.9 cm³/mol. The third-order valence-corrected chi connectivity index (χ3v) is 3.01. The Balaban J connectivity index is 2.38. The lowest BCUT2D eigenvalue weighted by Crippen LogP contribution is -2.16. The van der Waals surface area contributed by atoms with E-state index in [-0.39, 0.29) is 0 Å². The Morgan fingerprint density at radius 1 is 1.35 bits per heavy atom. The number of nitrogens with one attached hydrogen (secondary N) is 1. The molecule has 17 heavy (non-hydrogen) atoms. The molecule has 0 aliphatic carbocycles. The molecule has 2 aromatic rings. The molecule has 0 aliphatic heterocycles. The maximum Gasteiger partial charge on any atom is 0.0725 e. The molecule has 0 saturated carbocycles. The monoisotopic (exact) mass is 248 g/mol. The number of anilines is 1. The molecule has 2 rings (SSSR count). The van der Waals surface area contributed by atoms with Gasteiger partial charge in [0.05, 0.1) is 5.52 Å². The first-order chi connectivity index (χ1) is 8.20. The van der Waals surface area contributed by atoms with Gasteiger partial charge in [-0.3, -0.25) is 4.98 Å². The number of halogens is 1. The Morgan fingerprint density at radius 3 is 2.88 bits per heavy atom. The summed E-state index contributed by atoms with van der Waals surface area (Å²) >= 11 is 5.76. The quantitative estimate of drug-likeness (QED) is 0.828. The third kappa shape index (κ3) is 2.89. The van der Waals surface area contributed by atoms with Crippen molar-refractivity contribution in [1.29, 1.82) is 0 Å². The van der Waals surface area contributed by atoms with Crippen molar-refractivity contribution in [2.45, 2.75) is 26.3 Å². The van der Waals surface area contributed by atoms with E-state index in [1.807, 2.05) is 25.1 Å². The highest BCUT2D eigenvalue weighted by molar-refractivity contribution is 6.17. The summed E-state index contributed by atoms with van der Waals surface area (Å²) in [5.41, 5.74) is 3.21. The molecule has 2 nitrogen and oxygen atoms in total. The summed E-state index contributed by atoms with van der Waals surface area (Å²) in [6, 6.07) is 10.7. The molecule has 1 atom stereocenters. The zero-order chi connectivity index (χ0) is 12.3. The molecule has 0 spiro atoms. The number of hydrogen-bond donors (Lipinski definition) is 1. The number of nitrogens with zero attached hydrogens (tertiary/aromatic N) is 1. The van der Waals surface area contributed by atoms with E-state index in [0.717, 1.165) is 23.3 Å². The van der Waals surface area contributed by atoms with Crippen LogP contribution in [0.15, 0.2) is 30.3 Å². The molecule has 3 heteroatoms. The van der Waals surface area contributed by atoms with E-state index in [1.54, 1.807) is 0 Å². The highest BCUT2D eigenvalue weighted by Crippen LogP contribution is 2.23. The standard InChI is InChI=1S/C14H17ClN2/c1-10(7-8-15)16-14-9-11(2)17-13-6-4-3-5-12(13)14/h3-6,9-10H,7-8H2,1-2H3,(H,16,17). The topological polar surface area (TPSA) is 24.9 Å². The SMILES string of the molecule is Cc1cc(NC(C)CCCl)c2ccccc2n1. The van der Waals surface area contributed by atoms with E-state index < -0.39 is 0 Å². The van der Waals surface area contributed by atoms with Crippen LogP contribution in [0.25, 0.3) is 10.9 Å². The van der Waals surface area contributed by atoms with Gasteiger partial charge >= 0.3 is 0 Å². The fourth-order valence-corrected chi connectivity index (χ4v) is 2.26. The molecule has 1 N–H and O–H groups in total. The fraction of sp³-hybridized carbons (Fsp3) is 0.357. The molecule has 1 heterocycles. The van der Waals surface area contributed by atoms with Crippen molar-refractivity contribution in [3.8, 4) is 0 Å². The number of hydrogen-bond acceptors (Lipinski definition) is 2. The first-order valence-corrected chi connectivity index (χ1v) is 6.43. The Bertz CT molecular complexity index is 511. The van der Waals surface area contributed by atoms with Crippen LogP contribution in [0.5, 0.6) is 0 Å². The van der Waals surface area contributed by atoms with Crippen molar-refractivity contribution in [3.05, 3.63) is 36.0 Å². The summed E-state index contributed by atoms with van der Waals surface area (Å²) in [7, 11) is 0. The molecule has 0 amide bonds. The lowest BCUT2D eigenvalue weighted by Gasteiger charge is -2.16. The summed E-state index contributed by atoms with van der Waals surface area (Å²) in [5.74, 6) is 0.677. The molecule has 1 aromatic carbocycles. The van der Waals surface area contributed by atoms with Gasteiger partial charge in [0.15, 0.2) is 0 Å². The van der Waals surface area contributed by atoms with Crippen LogP contribution in [0.2, 0.25) is 0 Å². The predicted octanol–water partition coefficient (Wildman–Crippen LogP) is 3.97. The zero-order valence-corrected chi connectivity index (χ0v) is 11.0. The van der Waals surface area contributed by atoms with Gasteiger partial charge in [-0.25, -0.2) is 0 Å². The summed E-state index contributed by atoms with van der Waals surface area (Å²) < 4.78 is 0. The number of rotatable bonds is 4. The molecule has 0 bridgehead atoms. The Hall–Kier alpha value is -1.28. The molecule has 0 aliphatic rings. The summed E-state index contributed by atoms with van der Waals surface area (Å²) in [6.07, 6.45) is 0.956. The summed E-state index contributed by atoms with van der Waals surface area (Å²) in [5, 5.41) is 4.67. The summed E-state index contributed by atoms with van der Waals surface area (Å²) in [6.45, 7) is 4.16. The number of fused-ring (bicyclic) bond motifs is 1. The molecule has 0 saturated heterocycles. The number of alkyl halides is 1. The van der Waals surface area contributed by atoms with Crippen molar-refractivity contribution >= 4 is 28.2 Å². The average molecular weight is 249 g/mol. The van der Waals surface area contributed by atoms with Gasteiger partial charge in [0.25, 0.3) is 0 Å². The van der Waals surface area contributed by atoms with Crippen molar-refractivity contribution in [2.75, 3.05) is 11.2 Å². The van der Waals surface area contributed by atoms with Crippen LogP contribution >= 0.6 is 11.6 Å². The van der Waals surface area contributed by atoms with E-state index in [0.29, 0.717) is 11.9 Å². The van der Waals surface area contributed by atoms with Crippen molar-refractivity contribution in [2.24, 2.45) is 0 Å². The maximum atomic E-state index is 5.76. The van der Waals surface area contributed by atoms with Gasteiger partial charge in [-0.2, -0.15) is 0 Å². The fourth-order valence-electron chi connectivity index (χ4n) is 1.93. The molecular formula is C14H17ClN2. The Kier molecular flexibility index (Phi) is 3.85. The number of benzene rings is 1. The second-order valence-corrected chi connectivity index (χ2v) is 4.73.